The summed E-state index contributed by atoms with van der Waals surface area (Å²) in [5.74, 6) is 0.674. The highest BCUT2D eigenvalue weighted by atomic mass is 19.4. The average molecular weight is 631 g/mol. The lowest BCUT2D eigenvalue weighted by atomic mass is 10.0. The molecule has 13 heteroatoms. The van der Waals surface area contributed by atoms with Gasteiger partial charge in [-0.3, -0.25) is 14.8 Å². The number of hydrogen-bond acceptors (Lipinski definition) is 8. The van der Waals surface area contributed by atoms with Gasteiger partial charge >= 0.3 is 6.18 Å². The molecule has 10 nitrogen and oxygen atoms in total. The van der Waals surface area contributed by atoms with Crippen LogP contribution in [0.1, 0.15) is 34.0 Å². The first-order chi connectivity index (χ1) is 22.1. The van der Waals surface area contributed by atoms with E-state index in [1.165, 1.54) is 18.5 Å². The Morgan fingerprint density at radius 3 is 2.46 bits per heavy atom. The maximum absolute atomic E-state index is 14.1. The minimum absolute atomic E-state index is 0.0807. The topological polar surface area (TPSA) is 125 Å². The van der Waals surface area contributed by atoms with Crippen molar-refractivity contribution in [2.45, 2.75) is 26.6 Å². The van der Waals surface area contributed by atoms with E-state index in [-0.39, 0.29) is 17.7 Å². The molecule has 3 heterocycles. The van der Waals surface area contributed by atoms with E-state index in [4.69, 9.17) is 10.5 Å². The minimum atomic E-state index is -4.60. The number of benzene rings is 3. The molecule has 0 aliphatic carbocycles. The molecule has 46 heavy (non-hydrogen) atoms. The third-order valence-corrected chi connectivity index (χ3v) is 8.18. The zero-order valence-electron chi connectivity index (χ0n) is 25.4. The van der Waals surface area contributed by atoms with E-state index in [9.17, 15) is 18.0 Å². The number of rotatable bonds is 8. The van der Waals surface area contributed by atoms with E-state index < -0.39 is 17.6 Å². The van der Waals surface area contributed by atoms with Crippen LogP contribution in [0.4, 0.5) is 24.7 Å². The van der Waals surface area contributed by atoms with Crippen molar-refractivity contribution in [3.63, 3.8) is 0 Å². The fourth-order valence-corrected chi connectivity index (χ4v) is 5.52. The molecule has 1 aliphatic heterocycles. The number of piperazine rings is 1. The van der Waals surface area contributed by atoms with Crippen LogP contribution in [-0.2, 0) is 12.7 Å². The number of hydrogen-bond donors (Lipinski definition) is 3. The highest BCUT2D eigenvalue weighted by Crippen LogP contribution is 2.35. The number of amides is 1. The Bertz CT molecular complexity index is 1870. The Labute approximate surface area is 263 Å². The molecule has 0 bridgehead atoms. The van der Waals surface area contributed by atoms with Crippen LogP contribution in [-0.4, -0.2) is 68.6 Å². The summed E-state index contributed by atoms with van der Waals surface area (Å²) in [6.07, 6.45) is -3.24. The lowest BCUT2D eigenvalue weighted by Crippen LogP contribution is -2.45. The number of alkyl halides is 3. The summed E-state index contributed by atoms with van der Waals surface area (Å²) in [6, 6.07) is 16.1. The molecule has 0 saturated carbocycles. The summed E-state index contributed by atoms with van der Waals surface area (Å²) >= 11 is 0. The van der Waals surface area contributed by atoms with Gasteiger partial charge < -0.3 is 20.7 Å². The normalized spacial score (nSPS) is 14.5. The smallest absolute Gasteiger partial charge is 0.416 e. The van der Waals surface area contributed by atoms with Gasteiger partial charge in [0.25, 0.3) is 5.91 Å². The molecular formula is C33H33F3N8O2. The van der Waals surface area contributed by atoms with Gasteiger partial charge in [-0.2, -0.15) is 18.3 Å². The van der Waals surface area contributed by atoms with E-state index in [1.54, 1.807) is 30.3 Å². The van der Waals surface area contributed by atoms with Crippen LogP contribution in [0.3, 0.4) is 0 Å². The molecule has 2 aromatic heterocycles. The second-order valence-electron chi connectivity index (χ2n) is 11.2. The lowest BCUT2D eigenvalue weighted by molar-refractivity contribution is -0.138. The van der Waals surface area contributed by atoms with Crippen molar-refractivity contribution < 1.29 is 22.7 Å². The molecule has 0 unspecified atom stereocenters. The fourth-order valence-electron chi connectivity index (χ4n) is 5.52. The Morgan fingerprint density at radius 2 is 1.74 bits per heavy atom. The standard InChI is InChI=1S/C33H33F3N8O2/c1-3-43-12-14-44(15-13-43)18-23-6-5-22(16-26(23)33(34,35)36)32(45)40-24-9-4-20(2)27(17-24)46-25-10-7-21(8-11-25)29-28-30(37)38-19-39-31(28)42-41-29/h4-11,16-17,19H,3,12-15,18H2,1-2H3,(H,40,45)(H3,37,38,39,41,42). The van der Waals surface area contributed by atoms with E-state index in [0.29, 0.717) is 52.8 Å². The van der Waals surface area contributed by atoms with Crippen LogP contribution in [0.15, 0.2) is 67.0 Å². The first-order valence-corrected chi connectivity index (χ1v) is 14.9. The molecule has 6 rings (SSSR count). The average Bonchev–Trinajstić information content (AvgIpc) is 3.49. The van der Waals surface area contributed by atoms with Gasteiger partial charge in [0.1, 0.15) is 23.6 Å². The maximum Gasteiger partial charge on any atom is 0.416 e. The highest BCUT2D eigenvalue weighted by molar-refractivity contribution is 6.04. The van der Waals surface area contributed by atoms with Crippen molar-refractivity contribution in [3.05, 3.63) is 89.2 Å². The fraction of sp³-hybridized carbons (Fsp3) is 0.273. The van der Waals surface area contributed by atoms with Gasteiger partial charge in [0.05, 0.1) is 16.6 Å². The summed E-state index contributed by atoms with van der Waals surface area (Å²) in [6.45, 7) is 8.05. The number of nitrogens with zero attached hydrogens (tertiary/aromatic N) is 5. The third-order valence-electron chi connectivity index (χ3n) is 8.18. The molecule has 0 atom stereocenters. The zero-order chi connectivity index (χ0) is 32.4. The van der Waals surface area contributed by atoms with Crippen molar-refractivity contribution in [1.29, 1.82) is 0 Å². The number of carbonyl (C=O) groups is 1. The Hall–Kier alpha value is -5.01. The number of anilines is 2. The number of likely N-dealkylation sites (N-methyl/N-ethyl adjacent to an activating group) is 1. The quantitative estimate of drug-likeness (QED) is 0.188. The highest BCUT2D eigenvalue weighted by Gasteiger charge is 2.34. The second kappa shape index (κ2) is 12.8. The van der Waals surface area contributed by atoms with Crippen LogP contribution in [0.5, 0.6) is 11.5 Å². The van der Waals surface area contributed by atoms with E-state index in [1.807, 2.05) is 24.0 Å². The van der Waals surface area contributed by atoms with Crippen molar-refractivity contribution in [2.24, 2.45) is 0 Å². The van der Waals surface area contributed by atoms with Gasteiger partial charge in [-0.1, -0.05) is 19.1 Å². The van der Waals surface area contributed by atoms with E-state index in [0.717, 1.165) is 36.8 Å². The Balaban J connectivity index is 1.16. The van der Waals surface area contributed by atoms with Gasteiger partial charge in [-0.15, -0.1) is 0 Å². The number of nitrogens with one attached hydrogen (secondary N) is 2. The van der Waals surface area contributed by atoms with Crippen molar-refractivity contribution in [2.75, 3.05) is 43.8 Å². The van der Waals surface area contributed by atoms with E-state index >= 15 is 0 Å². The molecule has 1 saturated heterocycles. The number of aryl methyl sites for hydroxylation is 1. The van der Waals surface area contributed by atoms with Gasteiger partial charge in [0.2, 0.25) is 0 Å². The maximum atomic E-state index is 14.1. The number of halogens is 3. The summed E-state index contributed by atoms with van der Waals surface area (Å²) in [5, 5.41) is 10.5. The number of aromatic nitrogens is 4. The Kier molecular flexibility index (Phi) is 8.61. The van der Waals surface area contributed by atoms with E-state index in [2.05, 4.69) is 37.3 Å². The third kappa shape index (κ3) is 6.65. The van der Waals surface area contributed by atoms with Gasteiger partial charge in [-0.05, 0) is 67.1 Å². The molecule has 1 amide bonds. The molecule has 3 aromatic carbocycles. The molecule has 1 fully saturated rings. The molecule has 0 spiro atoms. The number of nitrogens with two attached hydrogens (primary N) is 1. The van der Waals surface area contributed by atoms with Crippen LogP contribution in [0, 0.1) is 6.92 Å². The number of carbonyl (C=O) groups excluding carboxylic acids is 1. The van der Waals surface area contributed by atoms with Crippen LogP contribution >= 0.6 is 0 Å². The van der Waals surface area contributed by atoms with Gasteiger partial charge in [0, 0.05) is 55.6 Å². The van der Waals surface area contributed by atoms with Crippen LogP contribution in [0.2, 0.25) is 0 Å². The molecule has 5 aromatic rings. The lowest BCUT2D eigenvalue weighted by Gasteiger charge is -2.34. The van der Waals surface area contributed by atoms with Crippen molar-refractivity contribution >= 4 is 28.4 Å². The summed E-state index contributed by atoms with van der Waals surface area (Å²) in [5.41, 5.74) is 8.43. The summed E-state index contributed by atoms with van der Waals surface area (Å²) < 4.78 is 48.4. The first-order valence-electron chi connectivity index (χ1n) is 14.9. The van der Waals surface area contributed by atoms with Crippen molar-refractivity contribution in [3.8, 4) is 22.8 Å². The zero-order valence-corrected chi connectivity index (χ0v) is 25.4. The molecule has 0 radical (unpaired) electrons. The first kappa shape index (κ1) is 31.0. The number of fused-ring (bicyclic) bond motifs is 1. The van der Waals surface area contributed by atoms with Crippen LogP contribution in [0.25, 0.3) is 22.3 Å². The SMILES string of the molecule is CCN1CCN(Cc2ccc(C(=O)Nc3ccc(C)c(Oc4ccc(-c5[nH]nc6ncnc(N)c56)cc4)c3)cc2C(F)(F)F)CC1. The molecule has 1 aliphatic rings. The number of ether oxygens (including phenoxy) is 1. The summed E-state index contributed by atoms with van der Waals surface area (Å²) in [7, 11) is 0. The molecule has 238 valence electrons. The second-order valence-corrected chi connectivity index (χ2v) is 11.2. The number of nitrogen functional groups attached to an aromatic ring is 1. The molecule has 4 N–H and O–H groups in total. The number of aromatic amines is 1. The minimum Gasteiger partial charge on any atom is -0.457 e. The van der Waals surface area contributed by atoms with Gasteiger partial charge in [0.15, 0.2) is 5.65 Å². The van der Waals surface area contributed by atoms with Gasteiger partial charge in [-0.25, -0.2) is 9.97 Å². The molecular weight excluding hydrogens is 597 g/mol. The largest absolute Gasteiger partial charge is 0.457 e. The Morgan fingerprint density at radius 1 is 1.00 bits per heavy atom. The monoisotopic (exact) mass is 630 g/mol. The summed E-state index contributed by atoms with van der Waals surface area (Å²) in [4.78, 5) is 25.6. The number of H-pyrrole nitrogens is 1. The predicted molar refractivity (Wildman–Crippen MR) is 170 cm³/mol. The van der Waals surface area contributed by atoms with Crippen LogP contribution < -0.4 is 15.8 Å². The predicted octanol–water partition coefficient (Wildman–Crippen LogP) is 6.11. The van der Waals surface area contributed by atoms with Crippen molar-refractivity contribution in [1.82, 2.24) is 30.0 Å².